The summed E-state index contributed by atoms with van der Waals surface area (Å²) in [5, 5.41) is 3.63. The molecule has 0 radical (unpaired) electrons. The van der Waals surface area contributed by atoms with Crippen LogP contribution in [0.2, 0.25) is 5.15 Å². The number of pyridine rings is 1. The van der Waals surface area contributed by atoms with Crippen molar-refractivity contribution in [2.24, 2.45) is 0 Å². The van der Waals surface area contributed by atoms with Gasteiger partial charge < -0.3 is 5.32 Å². The maximum atomic E-state index is 12.1. The van der Waals surface area contributed by atoms with Gasteiger partial charge >= 0.3 is 0 Å². The molecule has 1 aromatic heterocycles. The number of nitrogens with one attached hydrogen (secondary N) is 1. The fourth-order valence-corrected chi connectivity index (χ4v) is 3.98. The van der Waals surface area contributed by atoms with Crippen molar-refractivity contribution in [2.45, 2.75) is 31.1 Å². The van der Waals surface area contributed by atoms with E-state index in [4.69, 9.17) is 11.6 Å². The van der Waals surface area contributed by atoms with E-state index < -0.39 is 9.84 Å². The third-order valence-corrected chi connectivity index (χ3v) is 4.95. The molecule has 100 valence electrons. The fraction of sp³-hybridized carbons (Fsp3) is 0.583. The number of hydrogen-bond acceptors (Lipinski definition) is 4. The maximum Gasteiger partial charge on any atom is 0.156 e. The summed E-state index contributed by atoms with van der Waals surface area (Å²) in [7, 11) is -3.09. The number of sulfone groups is 1. The number of aromatic nitrogens is 1. The van der Waals surface area contributed by atoms with Crippen molar-refractivity contribution < 1.29 is 8.42 Å². The molecule has 0 spiro atoms. The minimum absolute atomic E-state index is 0.0371. The first-order valence-electron chi connectivity index (χ1n) is 6.09. The Morgan fingerprint density at radius 1 is 1.39 bits per heavy atom. The van der Waals surface area contributed by atoms with E-state index in [2.05, 4.69) is 10.3 Å². The van der Waals surface area contributed by atoms with Crippen molar-refractivity contribution in [3.8, 4) is 0 Å². The summed E-state index contributed by atoms with van der Waals surface area (Å²) in [5.74, 6) is 0.241. The molecule has 1 fully saturated rings. The van der Waals surface area contributed by atoms with E-state index >= 15 is 0 Å². The van der Waals surface area contributed by atoms with Gasteiger partial charge in [-0.3, -0.25) is 0 Å². The second-order valence-corrected chi connectivity index (χ2v) is 7.19. The van der Waals surface area contributed by atoms with Gasteiger partial charge in [-0.15, -0.1) is 0 Å². The van der Waals surface area contributed by atoms with Gasteiger partial charge in [0.1, 0.15) is 5.15 Å². The molecule has 1 aliphatic heterocycles. The Kier molecular flexibility index (Phi) is 4.59. The van der Waals surface area contributed by atoms with E-state index in [1.54, 1.807) is 12.1 Å². The lowest BCUT2D eigenvalue weighted by atomic mass is 10.1. The molecule has 6 heteroatoms. The zero-order chi connectivity index (χ0) is 13.0. The summed E-state index contributed by atoms with van der Waals surface area (Å²) in [6, 6.07) is 3.43. The zero-order valence-electron chi connectivity index (χ0n) is 10.1. The van der Waals surface area contributed by atoms with Crippen LogP contribution in [0.15, 0.2) is 18.3 Å². The van der Waals surface area contributed by atoms with Gasteiger partial charge in [0, 0.05) is 12.2 Å². The largest absolute Gasteiger partial charge is 0.313 e. The highest BCUT2D eigenvalue weighted by Crippen LogP contribution is 2.13. The van der Waals surface area contributed by atoms with E-state index in [0.717, 1.165) is 25.8 Å². The van der Waals surface area contributed by atoms with Gasteiger partial charge in [-0.05, 0) is 31.0 Å². The average Bonchev–Trinajstić information content (AvgIpc) is 2.32. The standard InChI is InChI=1S/C12H17ClN2O2S/c13-12-5-4-10(7-15-12)8-18(16,17)9-11-3-1-2-6-14-11/h4-5,7,11,14H,1-3,6,8-9H2/t11-/m1/s1. The number of nitrogens with zero attached hydrogens (tertiary/aromatic N) is 1. The van der Waals surface area contributed by atoms with Crippen molar-refractivity contribution in [1.29, 1.82) is 0 Å². The third-order valence-electron chi connectivity index (χ3n) is 3.04. The molecule has 1 aromatic rings. The molecule has 0 amide bonds. The Hall–Kier alpha value is -0.650. The highest BCUT2D eigenvalue weighted by molar-refractivity contribution is 7.90. The number of piperidine rings is 1. The molecule has 18 heavy (non-hydrogen) atoms. The molecular weight excluding hydrogens is 272 g/mol. The smallest absolute Gasteiger partial charge is 0.156 e. The SMILES string of the molecule is O=S(=O)(Cc1ccc(Cl)nc1)C[C@H]1CCCCN1. The van der Waals surface area contributed by atoms with Crippen LogP contribution in [0.5, 0.6) is 0 Å². The van der Waals surface area contributed by atoms with Gasteiger partial charge in [-0.1, -0.05) is 24.1 Å². The van der Waals surface area contributed by atoms with Crippen molar-refractivity contribution in [3.05, 3.63) is 29.0 Å². The summed E-state index contributed by atoms with van der Waals surface area (Å²) in [4.78, 5) is 3.90. The van der Waals surface area contributed by atoms with Gasteiger partial charge in [0.15, 0.2) is 9.84 Å². The molecule has 2 rings (SSSR count). The number of rotatable bonds is 4. The molecule has 0 aromatic carbocycles. The number of halogens is 1. The summed E-state index contributed by atoms with van der Waals surface area (Å²) in [5.41, 5.74) is 0.690. The van der Waals surface area contributed by atoms with Gasteiger partial charge in [-0.25, -0.2) is 13.4 Å². The van der Waals surface area contributed by atoms with Crippen LogP contribution in [0, 0.1) is 0 Å². The van der Waals surface area contributed by atoms with Crippen LogP contribution in [-0.2, 0) is 15.6 Å². The van der Waals surface area contributed by atoms with E-state index in [9.17, 15) is 8.42 Å². The summed E-state index contributed by atoms with van der Waals surface area (Å²) in [6.45, 7) is 0.919. The van der Waals surface area contributed by atoms with Gasteiger partial charge in [0.25, 0.3) is 0 Å². The lowest BCUT2D eigenvalue weighted by molar-refractivity contribution is 0.423. The summed E-state index contributed by atoms with van der Waals surface area (Å²) >= 11 is 5.67. The minimum Gasteiger partial charge on any atom is -0.313 e. The van der Waals surface area contributed by atoms with Gasteiger partial charge in [0.05, 0.1) is 11.5 Å². The topological polar surface area (TPSA) is 59.1 Å². The van der Waals surface area contributed by atoms with E-state index in [1.165, 1.54) is 6.20 Å². The van der Waals surface area contributed by atoms with Crippen LogP contribution >= 0.6 is 11.6 Å². The summed E-state index contributed by atoms with van der Waals surface area (Å²) in [6.07, 6.45) is 4.71. The Bertz CT molecular complexity index is 481. The minimum atomic E-state index is -3.09. The second kappa shape index (κ2) is 5.99. The molecule has 0 saturated carbocycles. The van der Waals surface area contributed by atoms with Crippen molar-refractivity contribution in [2.75, 3.05) is 12.3 Å². The Balaban J connectivity index is 1.96. The molecule has 0 aliphatic carbocycles. The Morgan fingerprint density at radius 3 is 2.83 bits per heavy atom. The van der Waals surface area contributed by atoms with Crippen LogP contribution in [0.1, 0.15) is 24.8 Å². The first kappa shape index (κ1) is 13.8. The van der Waals surface area contributed by atoms with Gasteiger partial charge in [-0.2, -0.15) is 0 Å². The summed E-state index contributed by atoms with van der Waals surface area (Å²) < 4.78 is 24.1. The molecule has 1 aliphatic rings. The first-order chi connectivity index (χ1) is 8.55. The van der Waals surface area contributed by atoms with E-state index in [-0.39, 0.29) is 17.5 Å². The van der Waals surface area contributed by atoms with Crippen LogP contribution < -0.4 is 5.32 Å². The first-order valence-corrected chi connectivity index (χ1v) is 8.29. The Morgan fingerprint density at radius 2 is 2.22 bits per heavy atom. The van der Waals surface area contributed by atoms with Crippen molar-refractivity contribution in [1.82, 2.24) is 10.3 Å². The maximum absolute atomic E-state index is 12.1. The predicted molar refractivity (Wildman–Crippen MR) is 72.4 cm³/mol. The number of hydrogen-bond donors (Lipinski definition) is 1. The quantitative estimate of drug-likeness (QED) is 0.858. The van der Waals surface area contributed by atoms with E-state index in [1.807, 2.05) is 0 Å². The molecule has 2 heterocycles. The lowest BCUT2D eigenvalue weighted by Gasteiger charge is -2.23. The average molecular weight is 289 g/mol. The van der Waals surface area contributed by atoms with Gasteiger partial charge in [0.2, 0.25) is 0 Å². The molecule has 1 atom stereocenters. The molecule has 1 saturated heterocycles. The molecule has 4 nitrogen and oxygen atoms in total. The molecule has 1 N–H and O–H groups in total. The third kappa shape index (κ3) is 4.23. The van der Waals surface area contributed by atoms with Crippen LogP contribution in [-0.4, -0.2) is 31.7 Å². The van der Waals surface area contributed by atoms with Crippen LogP contribution in [0.4, 0.5) is 0 Å². The molecule has 0 bridgehead atoms. The lowest BCUT2D eigenvalue weighted by Crippen LogP contribution is -2.39. The Labute approximate surface area is 113 Å². The van der Waals surface area contributed by atoms with Crippen LogP contribution in [0.3, 0.4) is 0 Å². The van der Waals surface area contributed by atoms with Crippen molar-refractivity contribution >= 4 is 21.4 Å². The highest BCUT2D eigenvalue weighted by atomic mass is 35.5. The monoisotopic (exact) mass is 288 g/mol. The second-order valence-electron chi connectivity index (χ2n) is 4.69. The predicted octanol–water partition coefficient (Wildman–Crippen LogP) is 1.79. The normalized spacial score (nSPS) is 20.8. The van der Waals surface area contributed by atoms with Crippen molar-refractivity contribution in [3.63, 3.8) is 0 Å². The fourth-order valence-electron chi connectivity index (χ4n) is 2.18. The van der Waals surface area contributed by atoms with Crippen LogP contribution in [0.25, 0.3) is 0 Å². The highest BCUT2D eigenvalue weighted by Gasteiger charge is 2.21. The van der Waals surface area contributed by atoms with E-state index in [0.29, 0.717) is 10.7 Å². The molecule has 0 unspecified atom stereocenters. The molecular formula is C12H17ClN2O2S. The zero-order valence-corrected chi connectivity index (χ0v) is 11.7.